The molecule has 2 aliphatic heterocycles. The second-order valence-corrected chi connectivity index (χ2v) is 5.22. The van der Waals surface area contributed by atoms with Gasteiger partial charge >= 0.3 is 0 Å². The SMILES string of the molecule is C[C@@H](O)c1cccc(F)c1N1CC2CCC(C1)O2. The van der Waals surface area contributed by atoms with Gasteiger partial charge in [0.05, 0.1) is 24.0 Å². The monoisotopic (exact) mass is 251 g/mol. The van der Waals surface area contributed by atoms with Crippen LogP contribution in [0.1, 0.15) is 31.4 Å². The number of hydrogen-bond acceptors (Lipinski definition) is 3. The summed E-state index contributed by atoms with van der Waals surface area (Å²) in [4.78, 5) is 2.03. The van der Waals surface area contributed by atoms with E-state index in [0.717, 1.165) is 25.9 Å². The Labute approximate surface area is 106 Å². The van der Waals surface area contributed by atoms with Crippen LogP contribution < -0.4 is 4.90 Å². The van der Waals surface area contributed by atoms with Crippen molar-refractivity contribution in [2.45, 2.75) is 38.1 Å². The van der Waals surface area contributed by atoms with Crippen LogP contribution in [0.3, 0.4) is 0 Å². The zero-order chi connectivity index (χ0) is 12.7. The summed E-state index contributed by atoms with van der Waals surface area (Å²) in [6, 6.07) is 4.90. The van der Waals surface area contributed by atoms with Crippen molar-refractivity contribution in [1.29, 1.82) is 0 Å². The summed E-state index contributed by atoms with van der Waals surface area (Å²) in [7, 11) is 0. The lowest BCUT2D eigenvalue weighted by Crippen LogP contribution is -2.43. The van der Waals surface area contributed by atoms with Gasteiger partial charge in [0.1, 0.15) is 5.82 Å². The number of aliphatic hydroxyl groups is 1. The van der Waals surface area contributed by atoms with Crippen molar-refractivity contribution in [3.05, 3.63) is 29.6 Å². The van der Waals surface area contributed by atoms with E-state index in [2.05, 4.69) is 0 Å². The van der Waals surface area contributed by atoms with Crippen LogP contribution in [0, 0.1) is 5.82 Å². The van der Waals surface area contributed by atoms with Gasteiger partial charge in [0.25, 0.3) is 0 Å². The van der Waals surface area contributed by atoms with Crippen LogP contribution in [0.15, 0.2) is 18.2 Å². The average Bonchev–Trinajstić information content (AvgIpc) is 2.68. The molecule has 0 amide bonds. The third-order valence-corrected chi connectivity index (χ3v) is 3.83. The molecule has 2 saturated heterocycles. The second kappa shape index (κ2) is 4.52. The maximum absolute atomic E-state index is 14.1. The third kappa shape index (κ3) is 1.99. The predicted octanol–water partition coefficient (Wildman–Crippen LogP) is 2.25. The normalized spacial score (nSPS) is 28.5. The number of ether oxygens (including phenoxy) is 1. The molecule has 4 heteroatoms. The Balaban J connectivity index is 1.96. The summed E-state index contributed by atoms with van der Waals surface area (Å²) < 4.78 is 19.8. The average molecular weight is 251 g/mol. The Morgan fingerprint density at radius 2 is 2.00 bits per heavy atom. The predicted molar refractivity (Wildman–Crippen MR) is 67.1 cm³/mol. The van der Waals surface area contributed by atoms with Crippen molar-refractivity contribution < 1.29 is 14.2 Å². The van der Waals surface area contributed by atoms with Crippen LogP contribution in [0.4, 0.5) is 10.1 Å². The zero-order valence-electron chi connectivity index (χ0n) is 10.5. The van der Waals surface area contributed by atoms with Gasteiger partial charge < -0.3 is 14.7 Å². The van der Waals surface area contributed by atoms with E-state index in [1.165, 1.54) is 6.07 Å². The molecule has 18 heavy (non-hydrogen) atoms. The van der Waals surface area contributed by atoms with Crippen molar-refractivity contribution >= 4 is 5.69 Å². The van der Waals surface area contributed by atoms with Crippen molar-refractivity contribution in [1.82, 2.24) is 0 Å². The lowest BCUT2D eigenvalue weighted by Gasteiger charge is -2.35. The Bertz CT molecular complexity index is 437. The fourth-order valence-corrected chi connectivity index (χ4v) is 3.00. The van der Waals surface area contributed by atoms with Crippen molar-refractivity contribution in [2.75, 3.05) is 18.0 Å². The molecule has 3 nitrogen and oxygen atoms in total. The van der Waals surface area contributed by atoms with Gasteiger partial charge in [0, 0.05) is 18.7 Å². The number of benzene rings is 1. The van der Waals surface area contributed by atoms with Gasteiger partial charge in [0.15, 0.2) is 0 Å². The highest BCUT2D eigenvalue weighted by molar-refractivity contribution is 5.56. The first-order chi connectivity index (χ1) is 8.65. The molecule has 2 aliphatic rings. The van der Waals surface area contributed by atoms with Gasteiger partial charge in [-0.15, -0.1) is 0 Å². The van der Waals surface area contributed by atoms with Gasteiger partial charge in [-0.25, -0.2) is 4.39 Å². The van der Waals surface area contributed by atoms with Gasteiger partial charge in [-0.1, -0.05) is 12.1 Å². The number of para-hydroxylation sites is 1. The fourth-order valence-electron chi connectivity index (χ4n) is 3.00. The van der Waals surface area contributed by atoms with E-state index in [9.17, 15) is 9.50 Å². The van der Waals surface area contributed by atoms with Gasteiger partial charge in [-0.2, -0.15) is 0 Å². The lowest BCUT2D eigenvalue weighted by molar-refractivity contribution is 0.0300. The van der Waals surface area contributed by atoms with Crippen LogP contribution in [0.5, 0.6) is 0 Å². The first kappa shape index (κ1) is 11.9. The first-order valence-electron chi connectivity index (χ1n) is 6.52. The number of aliphatic hydroxyl groups excluding tert-OH is 1. The third-order valence-electron chi connectivity index (χ3n) is 3.83. The number of nitrogens with zero attached hydrogens (tertiary/aromatic N) is 1. The molecule has 0 aromatic heterocycles. The van der Waals surface area contributed by atoms with Gasteiger partial charge in [0.2, 0.25) is 0 Å². The van der Waals surface area contributed by atoms with Crippen molar-refractivity contribution in [3.8, 4) is 0 Å². The summed E-state index contributed by atoms with van der Waals surface area (Å²) in [5.41, 5.74) is 1.21. The quantitative estimate of drug-likeness (QED) is 0.875. The number of rotatable bonds is 2. The lowest BCUT2D eigenvalue weighted by atomic mass is 10.1. The van der Waals surface area contributed by atoms with Crippen LogP contribution in [0.25, 0.3) is 0 Å². The minimum Gasteiger partial charge on any atom is -0.389 e. The molecule has 0 spiro atoms. The van der Waals surface area contributed by atoms with Crippen LogP contribution >= 0.6 is 0 Å². The number of anilines is 1. The molecule has 1 N–H and O–H groups in total. The van der Waals surface area contributed by atoms with E-state index in [4.69, 9.17) is 4.74 Å². The Hall–Kier alpha value is -1.13. The molecule has 2 bridgehead atoms. The minimum absolute atomic E-state index is 0.213. The number of hydrogen-bond donors (Lipinski definition) is 1. The minimum atomic E-state index is -0.656. The Kier molecular flexibility index (Phi) is 2.99. The number of halogens is 1. The molecule has 0 radical (unpaired) electrons. The van der Waals surface area contributed by atoms with E-state index in [-0.39, 0.29) is 18.0 Å². The maximum atomic E-state index is 14.1. The molecule has 2 unspecified atom stereocenters. The molecule has 0 aliphatic carbocycles. The summed E-state index contributed by atoms with van der Waals surface area (Å²) in [6.07, 6.45) is 1.88. The Morgan fingerprint density at radius 1 is 1.33 bits per heavy atom. The van der Waals surface area contributed by atoms with Gasteiger partial charge in [-0.05, 0) is 25.8 Å². The summed E-state index contributed by atoms with van der Waals surface area (Å²) >= 11 is 0. The highest BCUT2D eigenvalue weighted by Crippen LogP contribution is 2.35. The van der Waals surface area contributed by atoms with Crippen molar-refractivity contribution in [2.24, 2.45) is 0 Å². The number of morpholine rings is 1. The van der Waals surface area contributed by atoms with Crippen molar-refractivity contribution in [3.63, 3.8) is 0 Å². The standard InChI is InChI=1S/C14H18FNO2/c1-9(17)12-3-2-4-13(15)14(12)16-7-10-5-6-11(8-16)18-10/h2-4,9-11,17H,5-8H2,1H3/t9-,10?,11?/m1/s1. The summed E-state index contributed by atoms with van der Waals surface area (Å²) in [5, 5.41) is 9.78. The van der Waals surface area contributed by atoms with E-state index >= 15 is 0 Å². The van der Waals surface area contributed by atoms with Crippen LogP contribution in [0.2, 0.25) is 0 Å². The van der Waals surface area contributed by atoms with Crippen LogP contribution in [-0.4, -0.2) is 30.4 Å². The van der Waals surface area contributed by atoms with E-state index in [0.29, 0.717) is 11.3 Å². The van der Waals surface area contributed by atoms with E-state index in [1.54, 1.807) is 19.1 Å². The van der Waals surface area contributed by atoms with E-state index < -0.39 is 6.10 Å². The largest absolute Gasteiger partial charge is 0.389 e. The zero-order valence-corrected chi connectivity index (χ0v) is 10.5. The molecule has 2 fully saturated rings. The highest BCUT2D eigenvalue weighted by Gasteiger charge is 2.35. The molecule has 3 rings (SSSR count). The molecular formula is C14H18FNO2. The fraction of sp³-hybridized carbons (Fsp3) is 0.571. The molecule has 2 heterocycles. The molecule has 3 atom stereocenters. The first-order valence-corrected chi connectivity index (χ1v) is 6.52. The Morgan fingerprint density at radius 3 is 2.61 bits per heavy atom. The summed E-state index contributed by atoms with van der Waals surface area (Å²) in [5.74, 6) is -0.255. The molecule has 1 aromatic rings. The molecular weight excluding hydrogens is 233 g/mol. The summed E-state index contributed by atoms with van der Waals surface area (Å²) in [6.45, 7) is 3.11. The molecule has 98 valence electrons. The highest BCUT2D eigenvalue weighted by atomic mass is 19.1. The van der Waals surface area contributed by atoms with Gasteiger partial charge in [-0.3, -0.25) is 0 Å². The molecule has 1 aromatic carbocycles. The van der Waals surface area contributed by atoms with E-state index in [1.807, 2.05) is 4.90 Å². The van der Waals surface area contributed by atoms with Crippen LogP contribution in [-0.2, 0) is 4.74 Å². The second-order valence-electron chi connectivity index (χ2n) is 5.22. The number of fused-ring (bicyclic) bond motifs is 2. The molecule has 0 saturated carbocycles. The topological polar surface area (TPSA) is 32.7 Å². The smallest absolute Gasteiger partial charge is 0.146 e. The maximum Gasteiger partial charge on any atom is 0.146 e.